The Kier molecular flexibility index (Phi) is 6.45. The number of ether oxygens (including phenoxy) is 1. The molecule has 2 aliphatic rings. The molecule has 176 valence electrons. The maximum absolute atomic E-state index is 13.1. The number of nitrogens with zero attached hydrogens (tertiary/aromatic N) is 3. The van der Waals surface area contributed by atoms with Crippen molar-refractivity contribution in [3.63, 3.8) is 0 Å². The highest BCUT2D eigenvalue weighted by Gasteiger charge is 2.26. The Morgan fingerprint density at radius 2 is 1.91 bits per heavy atom. The molecule has 7 nitrogen and oxygen atoms in total. The number of nitrogens with one attached hydrogen (secondary N) is 1. The number of amides is 2. The summed E-state index contributed by atoms with van der Waals surface area (Å²) in [5.41, 5.74) is 5.77. The van der Waals surface area contributed by atoms with Gasteiger partial charge in [-0.2, -0.15) is 0 Å². The van der Waals surface area contributed by atoms with Crippen molar-refractivity contribution < 1.29 is 14.3 Å². The van der Waals surface area contributed by atoms with Crippen molar-refractivity contribution in [2.45, 2.75) is 20.3 Å². The number of carbonyl (C=O) groups is 2. The minimum absolute atomic E-state index is 0.0327. The van der Waals surface area contributed by atoms with Crippen LogP contribution < -0.4 is 10.2 Å². The number of fused-ring (bicyclic) bond motifs is 1. The molecule has 3 heterocycles. The van der Waals surface area contributed by atoms with Crippen LogP contribution in [-0.2, 0) is 16.0 Å². The molecular weight excluding hydrogens is 448 g/mol. The summed E-state index contributed by atoms with van der Waals surface area (Å²) in [6.07, 6.45) is 0.813. The molecular formula is C26H28N4O3S. The number of anilines is 2. The Hall–Kier alpha value is -3.07. The monoisotopic (exact) mass is 476 g/mol. The number of rotatable bonds is 5. The molecule has 2 aromatic carbocycles. The number of morpholine rings is 1. The molecule has 5 rings (SSSR count). The van der Waals surface area contributed by atoms with E-state index in [9.17, 15) is 9.59 Å². The topological polar surface area (TPSA) is 74.8 Å². The highest BCUT2D eigenvalue weighted by atomic mass is 32.1. The third kappa shape index (κ3) is 4.75. The van der Waals surface area contributed by atoms with Gasteiger partial charge in [0.1, 0.15) is 0 Å². The van der Waals surface area contributed by atoms with Gasteiger partial charge in [-0.05, 0) is 50.1 Å². The molecule has 0 spiro atoms. The largest absolute Gasteiger partial charge is 0.379 e. The number of thiazole rings is 1. The van der Waals surface area contributed by atoms with E-state index in [1.54, 1.807) is 0 Å². The summed E-state index contributed by atoms with van der Waals surface area (Å²) < 4.78 is 5.34. The fraction of sp³-hybridized carbons (Fsp3) is 0.346. The Morgan fingerprint density at radius 3 is 2.71 bits per heavy atom. The van der Waals surface area contributed by atoms with Gasteiger partial charge in [-0.25, -0.2) is 4.98 Å². The quantitative estimate of drug-likeness (QED) is 0.605. The number of aryl methyl sites for hydroxylation is 2. The second-order valence-electron chi connectivity index (χ2n) is 8.78. The molecule has 34 heavy (non-hydrogen) atoms. The van der Waals surface area contributed by atoms with Crippen LogP contribution in [0.3, 0.4) is 0 Å². The fourth-order valence-corrected chi connectivity index (χ4v) is 5.38. The zero-order valence-corrected chi connectivity index (χ0v) is 20.3. The zero-order chi connectivity index (χ0) is 23.7. The Bertz CT molecular complexity index is 1230. The van der Waals surface area contributed by atoms with Gasteiger partial charge in [-0.15, -0.1) is 11.3 Å². The van der Waals surface area contributed by atoms with Gasteiger partial charge in [0.2, 0.25) is 5.91 Å². The standard InChI is InChI=1S/C26H28N4O3S/c1-17-4-3-5-21(14-17)25(32)30-9-8-19-15-20(6-7-22(19)30)24-18(2)34-26(28-24)27-23(31)16-29-10-12-33-13-11-29/h3-7,14-15H,8-13,16H2,1-2H3,(H,27,28,31). The van der Waals surface area contributed by atoms with E-state index in [1.807, 2.05) is 55.1 Å². The minimum Gasteiger partial charge on any atom is -0.379 e. The lowest BCUT2D eigenvalue weighted by Gasteiger charge is -2.25. The Morgan fingerprint density at radius 1 is 1.09 bits per heavy atom. The van der Waals surface area contributed by atoms with Crippen molar-refractivity contribution in [1.82, 2.24) is 9.88 Å². The third-order valence-corrected chi connectivity index (χ3v) is 7.16. The van der Waals surface area contributed by atoms with Gasteiger partial charge in [0, 0.05) is 41.3 Å². The lowest BCUT2D eigenvalue weighted by Crippen LogP contribution is -2.41. The third-order valence-electron chi connectivity index (χ3n) is 6.27. The van der Waals surface area contributed by atoms with Crippen LogP contribution in [0.1, 0.15) is 26.4 Å². The summed E-state index contributed by atoms with van der Waals surface area (Å²) in [6.45, 7) is 7.91. The van der Waals surface area contributed by atoms with Gasteiger partial charge >= 0.3 is 0 Å². The van der Waals surface area contributed by atoms with Crippen molar-refractivity contribution >= 4 is 34.0 Å². The van der Waals surface area contributed by atoms with E-state index in [0.717, 1.165) is 52.5 Å². The minimum atomic E-state index is -0.0542. The average Bonchev–Trinajstić information content (AvgIpc) is 3.41. The molecule has 0 atom stereocenters. The first-order valence-corrected chi connectivity index (χ1v) is 12.4. The van der Waals surface area contributed by atoms with Crippen molar-refractivity contribution in [3.8, 4) is 11.3 Å². The van der Waals surface area contributed by atoms with Crippen LogP contribution >= 0.6 is 11.3 Å². The Labute approximate surface area is 203 Å². The zero-order valence-electron chi connectivity index (χ0n) is 19.5. The van der Waals surface area contributed by atoms with Crippen LogP contribution in [-0.4, -0.2) is 61.1 Å². The molecule has 1 saturated heterocycles. The van der Waals surface area contributed by atoms with Crippen molar-refractivity contribution in [3.05, 3.63) is 64.0 Å². The summed E-state index contributed by atoms with van der Waals surface area (Å²) in [5.74, 6) is -0.0215. The first-order chi connectivity index (χ1) is 16.5. The van der Waals surface area contributed by atoms with Gasteiger partial charge in [0.15, 0.2) is 5.13 Å². The summed E-state index contributed by atoms with van der Waals surface area (Å²) >= 11 is 1.49. The average molecular weight is 477 g/mol. The second kappa shape index (κ2) is 9.66. The van der Waals surface area contributed by atoms with Crippen LogP contribution in [0.5, 0.6) is 0 Å². The summed E-state index contributed by atoms with van der Waals surface area (Å²) in [6, 6.07) is 13.9. The number of hydrogen-bond acceptors (Lipinski definition) is 6. The van der Waals surface area contributed by atoms with Crippen LogP contribution in [0.4, 0.5) is 10.8 Å². The van der Waals surface area contributed by atoms with E-state index in [2.05, 4.69) is 16.3 Å². The SMILES string of the molecule is Cc1cccc(C(=O)N2CCc3cc(-c4nc(NC(=O)CN5CCOCC5)sc4C)ccc32)c1. The molecule has 0 bridgehead atoms. The summed E-state index contributed by atoms with van der Waals surface area (Å²) in [7, 11) is 0. The summed E-state index contributed by atoms with van der Waals surface area (Å²) in [4.78, 5) is 35.3. The molecule has 0 unspecified atom stereocenters. The molecule has 3 aromatic rings. The van der Waals surface area contributed by atoms with Gasteiger partial charge in [0.05, 0.1) is 25.5 Å². The van der Waals surface area contributed by atoms with Crippen molar-refractivity contribution in [2.75, 3.05) is 49.6 Å². The van der Waals surface area contributed by atoms with Crippen LogP contribution in [0.2, 0.25) is 0 Å². The van der Waals surface area contributed by atoms with Gasteiger partial charge in [0.25, 0.3) is 5.91 Å². The molecule has 8 heteroatoms. The van der Waals surface area contributed by atoms with E-state index < -0.39 is 0 Å². The second-order valence-corrected chi connectivity index (χ2v) is 9.98. The molecule has 2 aliphatic heterocycles. The number of aromatic nitrogens is 1. The lowest BCUT2D eigenvalue weighted by atomic mass is 10.1. The molecule has 0 radical (unpaired) electrons. The first kappa shape index (κ1) is 22.7. The maximum atomic E-state index is 13.1. The van der Waals surface area contributed by atoms with E-state index in [4.69, 9.17) is 9.72 Å². The van der Waals surface area contributed by atoms with Crippen molar-refractivity contribution in [2.24, 2.45) is 0 Å². The maximum Gasteiger partial charge on any atom is 0.258 e. The number of hydrogen-bond donors (Lipinski definition) is 1. The van der Waals surface area contributed by atoms with Crippen LogP contribution in [0.25, 0.3) is 11.3 Å². The summed E-state index contributed by atoms with van der Waals surface area (Å²) in [5, 5.41) is 3.56. The Balaban J connectivity index is 1.30. The highest BCUT2D eigenvalue weighted by Crippen LogP contribution is 2.36. The van der Waals surface area contributed by atoms with E-state index >= 15 is 0 Å². The van der Waals surface area contributed by atoms with E-state index in [0.29, 0.717) is 37.0 Å². The van der Waals surface area contributed by atoms with E-state index in [-0.39, 0.29) is 11.8 Å². The molecule has 1 aromatic heterocycles. The first-order valence-electron chi connectivity index (χ1n) is 11.6. The smallest absolute Gasteiger partial charge is 0.258 e. The van der Waals surface area contributed by atoms with Gasteiger partial charge in [-0.3, -0.25) is 14.5 Å². The van der Waals surface area contributed by atoms with Gasteiger partial charge in [-0.1, -0.05) is 23.8 Å². The highest BCUT2D eigenvalue weighted by molar-refractivity contribution is 7.16. The molecule has 2 amide bonds. The fourth-order valence-electron chi connectivity index (χ4n) is 4.53. The van der Waals surface area contributed by atoms with Crippen molar-refractivity contribution in [1.29, 1.82) is 0 Å². The predicted molar refractivity (Wildman–Crippen MR) is 135 cm³/mol. The number of benzene rings is 2. The molecule has 1 N–H and O–H groups in total. The number of carbonyl (C=O) groups excluding carboxylic acids is 2. The molecule has 0 saturated carbocycles. The molecule has 1 fully saturated rings. The van der Waals surface area contributed by atoms with Crippen LogP contribution in [0.15, 0.2) is 42.5 Å². The van der Waals surface area contributed by atoms with Crippen LogP contribution in [0, 0.1) is 13.8 Å². The normalized spacial score (nSPS) is 15.9. The predicted octanol–water partition coefficient (Wildman–Crippen LogP) is 3.90. The van der Waals surface area contributed by atoms with Gasteiger partial charge < -0.3 is 15.0 Å². The van der Waals surface area contributed by atoms with E-state index in [1.165, 1.54) is 11.3 Å². The molecule has 0 aliphatic carbocycles. The lowest BCUT2D eigenvalue weighted by molar-refractivity contribution is -0.118.